The molecular formula is C9H11N3S2. The van der Waals surface area contributed by atoms with Crippen LogP contribution in [0, 0.1) is 4.77 Å². The molecule has 2 heterocycles. The van der Waals surface area contributed by atoms with E-state index in [0.29, 0.717) is 0 Å². The number of thiophene rings is 1. The van der Waals surface area contributed by atoms with E-state index in [9.17, 15) is 0 Å². The van der Waals surface area contributed by atoms with E-state index in [1.807, 2.05) is 40.7 Å². The van der Waals surface area contributed by atoms with Crippen LogP contribution in [0.2, 0.25) is 0 Å². The van der Waals surface area contributed by atoms with Crippen LogP contribution in [0.15, 0.2) is 17.5 Å². The second-order valence-corrected chi connectivity index (χ2v) is 4.42. The van der Waals surface area contributed by atoms with Crippen LogP contribution in [0.25, 0.3) is 10.6 Å². The molecule has 0 saturated carbocycles. The number of hydrogen-bond acceptors (Lipinski definition) is 3. The molecule has 2 aromatic rings. The molecule has 3 nitrogen and oxygen atoms in total. The first-order valence-electron chi connectivity index (χ1n) is 4.18. The zero-order valence-corrected chi connectivity index (χ0v) is 9.65. The largest absolute Gasteiger partial charge is 0.383 e. The summed E-state index contributed by atoms with van der Waals surface area (Å²) in [5, 5.41) is 2.03. The monoisotopic (exact) mass is 225 g/mol. The molecule has 0 aliphatic carbocycles. The van der Waals surface area contributed by atoms with Gasteiger partial charge >= 0.3 is 0 Å². The summed E-state index contributed by atoms with van der Waals surface area (Å²) in [4.78, 5) is 1.15. The molecule has 0 spiro atoms. The molecule has 2 rings (SSSR count). The second kappa shape index (κ2) is 3.25. The number of rotatable bonds is 1. The molecule has 0 amide bonds. The van der Waals surface area contributed by atoms with E-state index in [1.54, 1.807) is 11.3 Å². The maximum Gasteiger partial charge on any atom is 0.181 e. The van der Waals surface area contributed by atoms with Crippen LogP contribution >= 0.6 is 23.6 Å². The summed E-state index contributed by atoms with van der Waals surface area (Å²) in [6.45, 7) is 0. The highest BCUT2D eigenvalue weighted by Crippen LogP contribution is 2.30. The van der Waals surface area contributed by atoms with Crippen molar-refractivity contribution in [3.8, 4) is 10.6 Å². The summed E-state index contributed by atoms with van der Waals surface area (Å²) >= 11 is 6.89. The van der Waals surface area contributed by atoms with Gasteiger partial charge in [0.25, 0.3) is 0 Å². The zero-order chi connectivity index (χ0) is 10.3. The molecule has 5 heteroatoms. The highest BCUT2D eigenvalue weighted by molar-refractivity contribution is 7.71. The Morgan fingerprint density at radius 2 is 2.07 bits per heavy atom. The van der Waals surface area contributed by atoms with Gasteiger partial charge in [0.2, 0.25) is 0 Å². The topological polar surface area (TPSA) is 35.9 Å². The Morgan fingerprint density at radius 3 is 2.50 bits per heavy atom. The number of hydrogen-bond donors (Lipinski definition) is 1. The Labute approximate surface area is 91.4 Å². The van der Waals surface area contributed by atoms with Gasteiger partial charge in [-0.15, -0.1) is 11.3 Å². The molecule has 0 saturated heterocycles. The first kappa shape index (κ1) is 9.48. The number of nitrogens with zero attached hydrogens (tertiary/aromatic N) is 2. The highest BCUT2D eigenvalue weighted by Gasteiger charge is 2.12. The van der Waals surface area contributed by atoms with Gasteiger partial charge in [0.15, 0.2) is 4.77 Å². The van der Waals surface area contributed by atoms with Crippen LogP contribution in [0.1, 0.15) is 0 Å². The van der Waals surface area contributed by atoms with Crippen molar-refractivity contribution in [3.05, 3.63) is 22.3 Å². The van der Waals surface area contributed by atoms with Gasteiger partial charge in [-0.1, -0.05) is 6.07 Å². The maximum atomic E-state index is 5.98. The third kappa shape index (κ3) is 1.20. The zero-order valence-electron chi connectivity index (χ0n) is 8.02. The molecule has 0 radical (unpaired) electrons. The predicted octanol–water partition coefficient (Wildman–Crippen LogP) is 2.40. The van der Waals surface area contributed by atoms with E-state index in [4.69, 9.17) is 18.0 Å². The number of nitrogen functional groups attached to an aromatic ring is 1. The number of aromatic nitrogens is 2. The summed E-state index contributed by atoms with van der Waals surface area (Å²) < 4.78 is 4.51. The van der Waals surface area contributed by atoms with Crippen LogP contribution in [0.3, 0.4) is 0 Å². The Balaban J connectivity index is 2.77. The summed E-state index contributed by atoms with van der Waals surface area (Å²) in [7, 11) is 3.82. The summed E-state index contributed by atoms with van der Waals surface area (Å²) in [6, 6.07) is 4.06. The minimum Gasteiger partial charge on any atom is -0.383 e. The lowest BCUT2D eigenvalue weighted by molar-refractivity contribution is 0.820. The second-order valence-electron chi connectivity index (χ2n) is 3.11. The fraction of sp³-hybridized carbons (Fsp3) is 0.222. The lowest BCUT2D eigenvalue weighted by Gasteiger charge is -1.99. The van der Waals surface area contributed by atoms with Crippen molar-refractivity contribution < 1.29 is 0 Å². The quantitative estimate of drug-likeness (QED) is 0.756. The molecule has 2 N–H and O–H groups in total. The van der Waals surface area contributed by atoms with Crippen molar-refractivity contribution in [2.24, 2.45) is 14.1 Å². The minimum atomic E-state index is 0.722. The summed E-state index contributed by atoms with van der Waals surface area (Å²) in [5.74, 6) is 0.722. The molecule has 0 unspecified atom stereocenters. The average Bonchev–Trinajstić information content (AvgIpc) is 2.73. The average molecular weight is 225 g/mol. The van der Waals surface area contributed by atoms with Crippen molar-refractivity contribution in [1.82, 2.24) is 9.13 Å². The molecule has 74 valence electrons. The fourth-order valence-electron chi connectivity index (χ4n) is 1.46. The predicted molar refractivity (Wildman–Crippen MR) is 62.9 cm³/mol. The molecule has 0 aromatic carbocycles. The lowest BCUT2D eigenvalue weighted by atomic mass is 10.3. The van der Waals surface area contributed by atoms with Crippen molar-refractivity contribution in [1.29, 1.82) is 0 Å². The van der Waals surface area contributed by atoms with E-state index < -0.39 is 0 Å². The summed E-state index contributed by atoms with van der Waals surface area (Å²) in [6.07, 6.45) is 0. The van der Waals surface area contributed by atoms with Crippen molar-refractivity contribution in [2.45, 2.75) is 0 Å². The van der Waals surface area contributed by atoms with Gasteiger partial charge in [-0.05, 0) is 23.7 Å². The molecule has 0 aliphatic heterocycles. The maximum absolute atomic E-state index is 5.98. The first-order valence-corrected chi connectivity index (χ1v) is 5.46. The Kier molecular flexibility index (Phi) is 2.20. The van der Waals surface area contributed by atoms with Crippen molar-refractivity contribution in [3.63, 3.8) is 0 Å². The summed E-state index contributed by atoms with van der Waals surface area (Å²) in [5.41, 5.74) is 6.98. The van der Waals surface area contributed by atoms with E-state index in [0.717, 1.165) is 21.2 Å². The molecular weight excluding hydrogens is 214 g/mol. The third-order valence-electron chi connectivity index (χ3n) is 2.27. The SMILES string of the molecule is Cn1c(N)c(-c2cccs2)n(C)c1=S. The Bertz CT molecular complexity index is 505. The van der Waals surface area contributed by atoms with Crippen LogP contribution in [-0.4, -0.2) is 9.13 Å². The standard InChI is InChI=1S/C9H11N3S2/c1-11-7(6-4-3-5-14-6)8(10)12(2)9(11)13/h3-5H,10H2,1-2H3. The third-order valence-corrected chi connectivity index (χ3v) is 3.69. The van der Waals surface area contributed by atoms with Crippen LogP contribution in [-0.2, 0) is 14.1 Å². The van der Waals surface area contributed by atoms with Crippen LogP contribution < -0.4 is 5.73 Å². The van der Waals surface area contributed by atoms with E-state index in [2.05, 4.69) is 0 Å². The molecule has 0 atom stereocenters. The number of anilines is 1. The van der Waals surface area contributed by atoms with Gasteiger partial charge in [-0.3, -0.25) is 0 Å². The van der Waals surface area contributed by atoms with Gasteiger partial charge in [-0.25, -0.2) is 0 Å². The highest BCUT2D eigenvalue weighted by atomic mass is 32.1. The first-order chi connectivity index (χ1) is 6.63. The van der Waals surface area contributed by atoms with Gasteiger partial charge in [0.05, 0.1) is 4.88 Å². The van der Waals surface area contributed by atoms with Crippen molar-refractivity contribution >= 4 is 29.4 Å². The normalized spacial score (nSPS) is 10.7. The smallest absolute Gasteiger partial charge is 0.181 e. The van der Waals surface area contributed by atoms with Gasteiger partial charge in [-0.2, -0.15) is 0 Å². The van der Waals surface area contributed by atoms with E-state index >= 15 is 0 Å². The molecule has 14 heavy (non-hydrogen) atoms. The van der Waals surface area contributed by atoms with Crippen LogP contribution in [0.4, 0.5) is 5.82 Å². The van der Waals surface area contributed by atoms with Gasteiger partial charge in [0.1, 0.15) is 11.5 Å². The Morgan fingerprint density at radius 1 is 1.36 bits per heavy atom. The fourth-order valence-corrected chi connectivity index (χ4v) is 2.46. The number of imidazole rings is 1. The Hall–Kier alpha value is -1.07. The van der Waals surface area contributed by atoms with E-state index in [-0.39, 0.29) is 0 Å². The van der Waals surface area contributed by atoms with E-state index in [1.165, 1.54) is 0 Å². The van der Waals surface area contributed by atoms with Gasteiger partial charge < -0.3 is 14.9 Å². The number of nitrogens with two attached hydrogens (primary N) is 1. The minimum absolute atomic E-state index is 0.722. The van der Waals surface area contributed by atoms with Gasteiger partial charge in [0, 0.05) is 14.1 Å². The molecule has 2 aromatic heterocycles. The lowest BCUT2D eigenvalue weighted by Crippen LogP contribution is -1.96. The van der Waals surface area contributed by atoms with Crippen molar-refractivity contribution in [2.75, 3.05) is 5.73 Å². The molecule has 0 fully saturated rings. The molecule has 0 bridgehead atoms. The molecule has 0 aliphatic rings. The van der Waals surface area contributed by atoms with Crippen LogP contribution in [0.5, 0.6) is 0 Å².